The molecule has 2 atom stereocenters. The van der Waals surface area contributed by atoms with E-state index in [1.54, 1.807) is 34.6 Å². The van der Waals surface area contributed by atoms with Gasteiger partial charge in [-0.1, -0.05) is 11.8 Å². The molecule has 0 heterocycles. The van der Waals surface area contributed by atoms with E-state index in [4.69, 9.17) is 4.74 Å². The van der Waals surface area contributed by atoms with E-state index in [2.05, 4.69) is 16.6 Å². The predicted octanol–water partition coefficient (Wildman–Crippen LogP) is 2.17. The summed E-state index contributed by atoms with van der Waals surface area (Å²) in [4.78, 5) is 23.0. The third kappa shape index (κ3) is 4.59. The minimum absolute atomic E-state index is 0.0278. The van der Waals surface area contributed by atoms with Crippen molar-refractivity contribution in [1.82, 2.24) is 0 Å². The molecule has 0 amide bonds. The van der Waals surface area contributed by atoms with E-state index < -0.39 is 11.0 Å². The molecule has 1 fully saturated rings. The molecular weight excluding hydrogens is 244 g/mol. The predicted molar refractivity (Wildman–Crippen MR) is 71.0 cm³/mol. The first-order valence-corrected chi connectivity index (χ1v) is 6.41. The number of carbonyl (C=O) groups is 2. The van der Waals surface area contributed by atoms with Gasteiger partial charge in [0.1, 0.15) is 0 Å². The SMILES string of the molecule is COC(=O)C1CC1C#CC(C)(C)OC(=O)C(C)(C)C. The van der Waals surface area contributed by atoms with Gasteiger partial charge in [0.15, 0.2) is 5.60 Å². The first-order valence-electron chi connectivity index (χ1n) is 6.41. The van der Waals surface area contributed by atoms with Gasteiger partial charge in [-0.05, 0) is 41.0 Å². The summed E-state index contributed by atoms with van der Waals surface area (Å²) in [6.45, 7) is 8.89. The lowest BCUT2D eigenvalue weighted by molar-refractivity contribution is -0.161. The van der Waals surface area contributed by atoms with E-state index in [1.165, 1.54) is 7.11 Å². The van der Waals surface area contributed by atoms with Crippen LogP contribution in [0.4, 0.5) is 0 Å². The second-order valence-corrected chi connectivity index (χ2v) is 6.39. The highest BCUT2D eigenvalue weighted by atomic mass is 16.6. The van der Waals surface area contributed by atoms with Crippen LogP contribution in [0.5, 0.6) is 0 Å². The lowest BCUT2D eigenvalue weighted by Crippen LogP contribution is -2.33. The topological polar surface area (TPSA) is 52.6 Å². The molecule has 2 unspecified atom stereocenters. The molecule has 4 heteroatoms. The first kappa shape index (κ1) is 15.6. The normalized spacial score (nSPS) is 22.0. The van der Waals surface area contributed by atoms with E-state index in [-0.39, 0.29) is 23.8 Å². The van der Waals surface area contributed by atoms with Crippen LogP contribution in [-0.2, 0) is 19.1 Å². The molecule has 0 N–H and O–H groups in total. The molecule has 1 aliphatic rings. The Hall–Kier alpha value is -1.50. The van der Waals surface area contributed by atoms with Crippen LogP contribution in [0.3, 0.4) is 0 Å². The molecule has 1 aliphatic carbocycles. The monoisotopic (exact) mass is 266 g/mol. The van der Waals surface area contributed by atoms with Crippen molar-refractivity contribution >= 4 is 11.9 Å². The highest BCUT2D eigenvalue weighted by molar-refractivity contribution is 5.77. The van der Waals surface area contributed by atoms with Gasteiger partial charge in [0.05, 0.1) is 18.4 Å². The smallest absolute Gasteiger partial charge is 0.312 e. The van der Waals surface area contributed by atoms with Gasteiger partial charge in [0, 0.05) is 5.92 Å². The summed E-state index contributed by atoms with van der Waals surface area (Å²) in [6.07, 6.45) is 0.725. The molecule has 0 aliphatic heterocycles. The quantitative estimate of drug-likeness (QED) is 0.568. The molecule has 4 nitrogen and oxygen atoms in total. The second-order valence-electron chi connectivity index (χ2n) is 6.39. The van der Waals surface area contributed by atoms with Gasteiger partial charge >= 0.3 is 11.9 Å². The number of hydrogen-bond donors (Lipinski definition) is 0. The molecule has 19 heavy (non-hydrogen) atoms. The van der Waals surface area contributed by atoms with Crippen LogP contribution >= 0.6 is 0 Å². The van der Waals surface area contributed by atoms with Crippen LogP contribution in [0.2, 0.25) is 0 Å². The fourth-order valence-electron chi connectivity index (χ4n) is 1.44. The second kappa shape index (κ2) is 5.24. The largest absolute Gasteiger partial charge is 0.469 e. The zero-order chi connectivity index (χ0) is 14.8. The average molecular weight is 266 g/mol. The Morgan fingerprint density at radius 1 is 1.16 bits per heavy atom. The van der Waals surface area contributed by atoms with E-state index >= 15 is 0 Å². The Balaban J connectivity index is 2.58. The van der Waals surface area contributed by atoms with E-state index in [1.807, 2.05) is 0 Å². The first-order chi connectivity index (χ1) is 8.57. The zero-order valence-electron chi connectivity index (χ0n) is 12.5. The van der Waals surface area contributed by atoms with Crippen molar-refractivity contribution in [2.75, 3.05) is 7.11 Å². The van der Waals surface area contributed by atoms with Crippen LogP contribution in [0.25, 0.3) is 0 Å². The maximum absolute atomic E-state index is 11.8. The molecule has 1 saturated carbocycles. The van der Waals surface area contributed by atoms with Crippen LogP contribution in [0.1, 0.15) is 41.0 Å². The van der Waals surface area contributed by atoms with Crippen molar-refractivity contribution in [1.29, 1.82) is 0 Å². The van der Waals surface area contributed by atoms with Gasteiger partial charge in [0.25, 0.3) is 0 Å². The minimum Gasteiger partial charge on any atom is -0.469 e. The van der Waals surface area contributed by atoms with Crippen LogP contribution in [0, 0.1) is 29.1 Å². The van der Waals surface area contributed by atoms with Gasteiger partial charge in [-0.3, -0.25) is 9.59 Å². The minimum atomic E-state index is -0.840. The Labute approximate surface area is 114 Å². The molecule has 0 aromatic heterocycles. The third-order valence-electron chi connectivity index (χ3n) is 2.81. The van der Waals surface area contributed by atoms with Crippen molar-refractivity contribution in [3.8, 4) is 11.8 Å². The maximum atomic E-state index is 11.8. The van der Waals surface area contributed by atoms with E-state index in [0.29, 0.717) is 0 Å². The lowest BCUT2D eigenvalue weighted by Gasteiger charge is -2.24. The van der Waals surface area contributed by atoms with Crippen LogP contribution in [-0.4, -0.2) is 24.6 Å². The summed E-state index contributed by atoms with van der Waals surface area (Å²) < 4.78 is 10.0. The average Bonchev–Trinajstić information content (AvgIpc) is 3.03. The molecule has 0 bridgehead atoms. The maximum Gasteiger partial charge on any atom is 0.312 e. The van der Waals surface area contributed by atoms with Gasteiger partial charge in [0.2, 0.25) is 0 Å². The summed E-state index contributed by atoms with van der Waals surface area (Å²) in [5.74, 6) is 5.33. The fraction of sp³-hybridized carbons (Fsp3) is 0.733. The third-order valence-corrected chi connectivity index (χ3v) is 2.81. The summed E-state index contributed by atoms with van der Waals surface area (Å²) in [5, 5.41) is 0. The Morgan fingerprint density at radius 2 is 1.74 bits per heavy atom. The van der Waals surface area contributed by atoms with Crippen molar-refractivity contribution in [3.63, 3.8) is 0 Å². The Kier molecular flexibility index (Phi) is 4.29. The molecule has 1 rings (SSSR count). The molecule has 0 saturated heterocycles. The van der Waals surface area contributed by atoms with Gasteiger partial charge < -0.3 is 9.47 Å². The fourth-order valence-corrected chi connectivity index (χ4v) is 1.44. The number of esters is 2. The van der Waals surface area contributed by atoms with Crippen LogP contribution < -0.4 is 0 Å². The summed E-state index contributed by atoms with van der Waals surface area (Å²) in [7, 11) is 1.38. The van der Waals surface area contributed by atoms with Gasteiger partial charge in [-0.25, -0.2) is 0 Å². The van der Waals surface area contributed by atoms with E-state index in [0.717, 1.165) is 6.42 Å². The van der Waals surface area contributed by atoms with E-state index in [9.17, 15) is 9.59 Å². The Morgan fingerprint density at radius 3 is 2.21 bits per heavy atom. The molecular formula is C15H22O4. The van der Waals surface area contributed by atoms with Crippen molar-refractivity contribution < 1.29 is 19.1 Å². The van der Waals surface area contributed by atoms with Crippen LogP contribution in [0.15, 0.2) is 0 Å². The number of ether oxygens (including phenoxy) is 2. The Bertz CT molecular complexity index is 431. The summed E-state index contributed by atoms with van der Waals surface area (Å²) in [5.41, 5.74) is -1.39. The van der Waals surface area contributed by atoms with Crippen molar-refractivity contribution in [2.45, 2.75) is 46.6 Å². The highest BCUT2D eigenvalue weighted by Gasteiger charge is 2.43. The molecule has 0 aromatic rings. The molecule has 106 valence electrons. The molecule has 0 radical (unpaired) electrons. The zero-order valence-corrected chi connectivity index (χ0v) is 12.5. The van der Waals surface area contributed by atoms with Crippen molar-refractivity contribution in [3.05, 3.63) is 0 Å². The molecule has 0 aromatic carbocycles. The number of rotatable bonds is 2. The number of carbonyl (C=O) groups excluding carboxylic acids is 2. The van der Waals surface area contributed by atoms with Gasteiger partial charge in [-0.2, -0.15) is 0 Å². The lowest BCUT2D eigenvalue weighted by atomic mass is 9.97. The number of methoxy groups -OCH3 is 1. The number of hydrogen-bond acceptors (Lipinski definition) is 4. The van der Waals surface area contributed by atoms with Gasteiger partial charge in [-0.15, -0.1) is 0 Å². The van der Waals surface area contributed by atoms with Crippen molar-refractivity contribution in [2.24, 2.45) is 17.3 Å². The summed E-state index contributed by atoms with van der Waals surface area (Å²) >= 11 is 0. The summed E-state index contributed by atoms with van der Waals surface area (Å²) in [6, 6.07) is 0. The standard InChI is InChI=1S/C15H22O4/c1-14(2,3)13(17)19-15(4,5)8-7-10-9-11(10)12(16)18-6/h10-11H,9H2,1-6H3. The highest BCUT2D eigenvalue weighted by Crippen LogP contribution is 2.38. The molecule has 0 spiro atoms.